The smallest absolute Gasteiger partial charge is 0.160 e. The molecule has 1 aliphatic heterocycles. The first kappa shape index (κ1) is 37.5. The molecule has 13 rings (SSSR count). The third kappa shape index (κ3) is 5.84. The van der Waals surface area contributed by atoms with Gasteiger partial charge in [-0.25, -0.2) is 9.97 Å². The lowest BCUT2D eigenvalue weighted by atomic mass is 9.73. The Hall–Kier alpha value is -8.08. The number of benzene rings is 9. The summed E-state index contributed by atoms with van der Waals surface area (Å²) in [6.45, 7) is 4.73. The van der Waals surface area contributed by atoms with Crippen molar-refractivity contribution in [1.82, 2.24) is 14.5 Å². The molecule has 0 bridgehead atoms. The molecule has 0 amide bonds. The summed E-state index contributed by atoms with van der Waals surface area (Å²) in [6, 6.07) is 75.2. The van der Waals surface area contributed by atoms with E-state index in [2.05, 4.69) is 230 Å². The van der Waals surface area contributed by atoms with Gasteiger partial charge in [-0.3, -0.25) is 0 Å². The molecule has 9 aromatic carbocycles. The second kappa shape index (κ2) is 14.5. The van der Waals surface area contributed by atoms with Crippen molar-refractivity contribution in [3.8, 4) is 50.7 Å². The molecule has 11 aromatic rings. The van der Waals surface area contributed by atoms with Crippen molar-refractivity contribution in [3.05, 3.63) is 229 Å². The number of para-hydroxylation sites is 2. The molecule has 1 aliphatic carbocycles. The van der Waals surface area contributed by atoms with E-state index >= 15 is 0 Å². The number of hydrogen-bond acceptors (Lipinski definition) is 3. The Labute approximate surface area is 378 Å². The fourth-order valence-electron chi connectivity index (χ4n) is 10.9. The first-order valence-electron chi connectivity index (χ1n) is 22.7. The number of hydrogen-bond donors (Lipinski definition) is 0. The minimum atomic E-state index is -0.207. The molecule has 0 radical (unpaired) electrons. The predicted octanol–water partition coefficient (Wildman–Crippen LogP) is 15.6. The second-order valence-corrected chi connectivity index (χ2v) is 18.1. The van der Waals surface area contributed by atoms with Crippen LogP contribution in [0.4, 0.5) is 17.1 Å². The van der Waals surface area contributed by atoms with Crippen molar-refractivity contribution < 1.29 is 0 Å². The van der Waals surface area contributed by atoms with Gasteiger partial charge >= 0.3 is 0 Å². The molecule has 3 heterocycles. The summed E-state index contributed by atoms with van der Waals surface area (Å²) in [5, 5.41) is 4.94. The molecule has 0 fully saturated rings. The van der Waals surface area contributed by atoms with Crippen LogP contribution in [0, 0.1) is 0 Å². The SMILES string of the molecule is CC1(C)c2ccccc2N(c2ccccc2)c2ccc(-c3ccc4c(c3)c3c5ccccc5ccc3n4-c3cccc(-c4nc(-c5ccccc5)c5c(n4)-c4ccccc4CC5)c3)cc21. The van der Waals surface area contributed by atoms with Crippen LogP contribution in [0.1, 0.15) is 36.1 Å². The van der Waals surface area contributed by atoms with Gasteiger partial charge in [0.15, 0.2) is 5.82 Å². The molecule has 0 unspecified atom stereocenters. The molecular formula is C61H44N4. The third-order valence-corrected chi connectivity index (χ3v) is 14.1. The van der Waals surface area contributed by atoms with E-state index in [4.69, 9.17) is 9.97 Å². The monoisotopic (exact) mass is 832 g/mol. The minimum absolute atomic E-state index is 0.207. The second-order valence-electron chi connectivity index (χ2n) is 18.1. The van der Waals surface area contributed by atoms with E-state index < -0.39 is 0 Å². The quantitative estimate of drug-likeness (QED) is 0.173. The van der Waals surface area contributed by atoms with Crippen LogP contribution in [0.5, 0.6) is 0 Å². The highest BCUT2D eigenvalue weighted by atomic mass is 15.2. The maximum Gasteiger partial charge on any atom is 0.160 e. The number of rotatable bonds is 5. The van der Waals surface area contributed by atoms with E-state index in [1.54, 1.807) is 0 Å². The molecule has 4 heteroatoms. The summed E-state index contributed by atoms with van der Waals surface area (Å²) in [4.78, 5) is 13.2. The summed E-state index contributed by atoms with van der Waals surface area (Å²) in [6.07, 6.45) is 1.90. The van der Waals surface area contributed by atoms with Crippen molar-refractivity contribution in [2.75, 3.05) is 4.90 Å². The van der Waals surface area contributed by atoms with Crippen molar-refractivity contribution in [3.63, 3.8) is 0 Å². The van der Waals surface area contributed by atoms with Gasteiger partial charge in [0.1, 0.15) is 0 Å². The maximum absolute atomic E-state index is 5.40. The first-order chi connectivity index (χ1) is 32.0. The number of fused-ring (bicyclic) bond motifs is 10. The minimum Gasteiger partial charge on any atom is -0.310 e. The molecule has 0 spiro atoms. The Morgan fingerprint density at radius 1 is 0.446 bits per heavy atom. The average Bonchev–Trinajstić information content (AvgIpc) is 3.71. The maximum atomic E-state index is 5.40. The first-order valence-corrected chi connectivity index (χ1v) is 22.7. The van der Waals surface area contributed by atoms with E-state index in [9.17, 15) is 0 Å². The van der Waals surface area contributed by atoms with Gasteiger partial charge < -0.3 is 9.47 Å². The fraction of sp³-hybridized carbons (Fsp3) is 0.0820. The van der Waals surface area contributed by atoms with Crippen LogP contribution in [0.25, 0.3) is 83.3 Å². The Morgan fingerprint density at radius 3 is 2.02 bits per heavy atom. The molecule has 0 saturated heterocycles. The molecule has 0 atom stereocenters. The van der Waals surface area contributed by atoms with Gasteiger partial charge in [0, 0.05) is 49.8 Å². The molecule has 2 aromatic heterocycles. The molecule has 308 valence electrons. The van der Waals surface area contributed by atoms with Crippen LogP contribution in [-0.2, 0) is 18.3 Å². The van der Waals surface area contributed by atoms with E-state index in [0.717, 1.165) is 58.1 Å². The number of aromatic nitrogens is 3. The highest BCUT2D eigenvalue weighted by Gasteiger charge is 2.37. The van der Waals surface area contributed by atoms with Gasteiger partial charge in [-0.05, 0) is 112 Å². The van der Waals surface area contributed by atoms with E-state index in [1.165, 1.54) is 77.4 Å². The molecule has 65 heavy (non-hydrogen) atoms. The number of anilines is 3. The van der Waals surface area contributed by atoms with Crippen LogP contribution in [0.3, 0.4) is 0 Å². The van der Waals surface area contributed by atoms with Crippen molar-refractivity contribution in [1.29, 1.82) is 0 Å². The highest BCUT2D eigenvalue weighted by molar-refractivity contribution is 6.22. The van der Waals surface area contributed by atoms with E-state index in [-0.39, 0.29) is 5.41 Å². The molecule has 0 N–H and O–H groups in total. The van der Waals surface area contributed by atoms with Crippen LogP contribution in [0.15, 0.2) is 206 Å². The van der Waals surface area contributed by atoms with Crippen LogP contribution in [-0.4, -0.2) is 14.5 Å². The summed E-state index contributed by atoms with van der Waals surface area (Å²) >= 11 is 0. The summed E-state index contributed by atoms with van der Waals surface area (Å²) in [7, 11) is 0. The van der Waals surface area contributed by atoms with Crippen molar-refractivity contribution in [2.24, 2.45) is 0 Å². The highest BCUT2D eigenvalue weighted by Crippen LogP contribution is 2.53. The number of nitrogens with zero attached hydrogens (tertiary/aromatic N) is 4. The largest absolute Gasteiger partial charge is 0.310 e. The summed E-state index contributed by atoms with van der Waals surface area (Å²) < 4.78 is 2.43. The lowest BCUT2D eigenvalue weighted by Crippen LogP contribution is -2.30. The van der Waals surface area contributed by atoms with Gasteiger partial charge in [-0.2, -0.15) is 0 Å². The van der Waals surface area contributed by atoms with Gasteiger partial charge in [0.25, 0.3) is 0 Å². The van der Waals surface area contributed by atoms with Gasteiger partial charge in [0.05, 0.1) is 33.8 Å². The fourth-order valence-corrected chi connectivity index (χ4v) is 10.9. The third-order valence-electron chi connectivity index (χ3n) is 14.1. The van der Waals surface area contributed by atoms with Crippen LogP contribution >= 0.6 is 0 Å². The zero-order valence-corrected chi connectivity index (χ0v) is 36.3. The Morgan fingerprint density at radius 2 is 1.12 bits per heavy atom. The van der Waals surface area contributed by atoms with Crippen molar-refractivity contribution >= 4 is 49.6 Å². The van der Waals surface area contributed by atoms with Gasteiger partial charge in [0.2, 0.25) is 0 Å². The van der Waals surface area contributed by atoms with Crippen molar-refractivity contribution in [2.45, 2.75) is 32.1 Å². The Bertz CT molecular complexity index is 3680. The summed E-state index contributed by atoms with van der Waals surface area (Å²) in [5.74, 6) is 0.735. The average molecular weight is 833 g/mol. The Kier molecular flexibility index (Phi) is 8.35. The van der Waals surface area contributed by atoms with E-state index in [1.807, 2.05) is 0 Å². The molecule has 2 aliphatic rings. The number of aryl methyl sites for hydroxylation is 1. The van der Waals surface area contributed by atoms with E-state index in [0.29, 0.717) is 0 Å². The summed E-state index contributed by atoms with van der Waals surface area (Å²) in [5.41, 5.74) is 19.8. The molecular weight excluding hydrogens is 789 g/mol. The van der Waals surface area contributed by atoms with Gasteiger partial charge in [-0.1, -0.05) is 159 Å². The standard InChI is InChI=1S/C61H44N4/c1-61(2)51-26-13-14-27-54(51)64(45-21-7-4-8-22-45)55-34-31-43(38-52(55)61)42-30-33-53-50(37-42)57-47-24-11-9-16-39(47)29-35-56(57)65(53)46-23-15-20-44(36-46)60-62-58(41-18-5-3-6-19-41)49-32-28-40-17-10-12-25-48(40)59(49)63-60/h3-27,29-31,33-38H,28,32H2,1-2H3. The lowest BCUT2D eigenvalue weighted by molar-refractivity contribution is 0.632. The topological polar surface area (TPSA) is 34.0 Å². The zero-order chi connectivity index (χ0) is 43.2. The molecule has 0 saturated carbocycles. The Balaban J connectivity index is 0.987. The predicted molar refractivity (Wildman–Crippen MR) is 270 cm³/mol. The van der Waals surface area contributed by atoms with Crippen LogP contribution in [0.2, 0.25) is 0 Å². The van der Waals surface area contributed by atoms with Crippen LogP contribution < -0.4 is 4.90 Å². The normalized spacial score (nSPS) is 13.7. The zero-order valence-electron chi connectivity index (χ0n) is 36.3. The van der Waals surface area contributed by atoms with Gasteiger partial charge in [-0.15, -0.1) is 0 Å². The lowest BCUT2D eigenvalue weighted by Gasteiger charge is -2.42. The molecule has 4 nitrogen and oxygen atoms in total.